The molecule has 114 valence electrons. The van der Waals surface area contributed by atoms with Crippen molar-refractivity contribution in [3.63, 3.8) is 0 Å². The van der Waals surface area contributed by atoms with E-state index < -0.39 is 11.9 Å². The molecule has 0 spiro atoms. The van der Waals surface area contributed by atoms with E-state index in [1.165, 1.54) is 0 Å². The van der Waals surface area contributed by atoms with Crippen LogP contribution < -0.4 is 0 Å². The molecule has 0 amide bonds. The average molecular weight is 294 g/mol. The Bertz CT molecular complexity index is 421. The van der Waals surface area contributed by atoms with Gasteiger partial charge in [0.25, 0.3) is 0 Å². The molecule has 6 heteroatoms. The van der Waals surface area contributed by atoms with Crippen molar-refractivity contribution in [3.05, 3.63) is 35.4 Å². The fraction of sp³-hybridized carbons (Fsp3) is 0.333. The first-order valence-electron chi connectivity index (χ1n) is 6.39. The average Bonchev–Trinajstić information content (AvgIpc) is 2.48. The first-order valence-corrected chi connectivity index (χ1v) is 6.39. The van der Waals surface area contributed by atoms with E-state index in [0.29, 0.717) is 11.1 Å². The lowest BCUT2D eigenvalue weighted by Gasteiger charge is -2.00. The molecule has 0 bridgehead atoms. The summed E-state index contributed by atoms with van der Waals surface area (Å²) in [4.78, 5) is 41.4. The first kappa shape index (κ1) is 18.5. The number of rotatable bonds is 6. The molecule has 0 aromatic heterocycles. The Morgan fingerprint density at radius 2 is 1.19 bits per heavy atom. The third kappa shape index (κ3) is 9.10. The van der Waals surface area contributed by atoms with Gasteiger partial charge in [0.15, 0.2) is 0 Å². The Labute approximate surface area is 123 Å². The van der Waals surface area contributed by atoms with E-state index in [1.54, 1.807) is 38.1 Å². The van der Waals surface area contributed by atoms with Gasteiger partial charge in [-0.25, -0.2) is 0 Å². The van der Waals surface area contributed by atoms with E-state index >= 15 is 0 Å². The molecule has 6 nitrogen and oxygen atoms in total. The topological polar surface area (TPSA) is 86.7 Å². The Hall–Kier alpha value is -2.50. The van der Waals surface area contributed by atoms with Crippen LogP contribution in [0.2, 0.25) is 0 Å². The Morgan fingerprint density at radius 3 is 1.43 bits per heavy atom. The van der Waals surface area contributed by atoms with Gasteiger partial charge in [0.2, 0.25) is 0 Å². The highest BCUT2D eigenvalue weighted by molar-refractivity contribution is 5.91. The molecular formula is C15H18O6. The number of esters is 2. The fourth-order valence-corrected chi connectivity index (χ4v) is 1.20. The second kappa shape index (κ2) is 11.3. The maximum absolute atomic E-state index is 10.6. The highest BCUT2D eigenvalue weighted by Gasteiger charge is 2.09. The van der Waals surface area contributed by atoms with Gasteiger partial charge in [-0.2, -0.15) is 0 Å². The molecule has 1 aromatic rings. The summed E-state index contributed by atoms with van der Waals surface area (Å²) < 4.78 is 9.04. The van der Waals surface area contributed by atoms with E-state index in [1.807, 2.05) is 0 Å². The summed E-state index contributed by atoms with van der Waals surface area (Å²) in [7, 11) is 0. The molecule has 0 N–H and O–H groups in total. The summed E-state index contributed by atoms with van der Waals surface area (Å²) in [5.74, 6) is -1.07. The van der Waals surface area contributed by atoms with Crippen molar-refractivity contribution in [2.24, 2.45) is 0 Å². The van der Waals surface area contributed by atoms with Crippen LogP contribution >= 0.6 is 0 Å². The molecule has 1 aromatic carbocycles. The molecule has 21 heavy (non-hydrogen) atoms. The van der Waals surface area contributed by atoms with Crippen molar-refractivity contribution >= 4 is 24.5 Å². The Morgan fingerprint density at radius 1 is 0.857 bits per heavy atom. The van der Waals surface area contributed by atoms with Crippen LogP contribution in [0.4, 0.5) is 0 Å². The van der Waals surface area contributed by atoms with E-state index in [4.69, 9.17) is 0 Å². The molecule has 0 radical (unpaired) electrons. The quantitative estimate of drug-likeness (QED) is 0.452. The first-order chi connectivity index (χ1) is 10.1. The van der Waals surface area contributed by atoms with Crippen LogP contribution in [-0.4, -0.2) is 37.7 Å². The Balaban J connectivity index is 0.000000382. The van der Waals surface area contributed by atoms with E-state index in [9.17, 15) is 19.2 Å². The van der Waals surface area contributed by atoms with Crippen LogP contribution in [-0.2, 0) is 19.1 Å². The van der Waals surface area contributed by atoms with Gasteiger partial charge in [-0.05, 0) is 13.8 Å². The van der Waals surface area contributed by atoms with Crippen molar-refractivity contribution in [2.75, 3.05) is 13.2 Å². The smallest absolute Gasteiger partial charge is 0.317 e. The van der Waals surface area contributed by atoms with Crippen molar-refractivity contribution in [3.8, 4) is 0 Å². The van der Waals surface area contributed by atoms with Crippen LogP contribution in [0.25, 0.3) is 0 Å². The number of hydrogen-bond acceptors (Lipinski definition) is 6. The minimum absolute atomic E-state index is 0.290. The maximum atomic E-state index is 10.6. The Kier molecular flexibility index (Phi) is 9.99. The second-order valence-electron chi connectivity index (χ2n) is 3.69. The number of carbonyl (C=O) groups is 4. The summed E-state index contributed by atoms with van der Waals surface area (Å²) in [6.45, 7) is 3.95. The van der Waals surface area contributed by atoms with Gasteiger partial charge in [-0.1, -0.05) is 24.3 Å². The van der Waals surface area contributed by atoms with Gasteiger partial charge < -0.3 is 9.47 Å². The predicted molar refractivity (Wildman–Crippen MR) is 75.1 cm³/mol. The SMILES string of the molecule is CCOC(=O)CC(=O)OCC.O=Cc1ccc(C=O)cc1. The van der Waals surface area contributed by atoms with Crippen LogP contribution in [0.1, 0.15) is 41.0 Å². The largest absolute Gasteiger partial charge is 0.466 e. The van der Waals surface area contributed by atoms with Gasteiger partial charge in [0.05, 0.1) is 13.2 Å². The van der Waals surface area contributed by atoms with Crippen LogP contribution in [0, 0.1) is 0 Å². The lowest BCUT2D eigenvalue weighted by molar-refractivity contribution is -0.153. The lowest BCUT2D eigenvalue weighted by atomic mass is 10.2. The van der Waals surface area contributed by atoms with Gasteiger partial charge in [-0.3, -0.25) is 19.2 Å². The van der Waals surface area contributed by atoms with Crippen molar-refractivity contribution in [1.82, 2.24) is 0 Å². The van der Waals surface area contributed by atoms with Crippen molar-refractivity contribution in [2.45, 2.75) is 20.3 Å². The van der Waals surface area contributed by atoms with Crippen molar-refractivity contribution < 1.29 is 28.7 Å². The summed E-state index contributed by atoms with van der Waals surface area (Å²) in [5.41, 5.74) is 1.18. The summed E-state index contributed by atoms with van der Waals surface area (Å²) in [6, 6.07) is 6.43. The molecule has 0 heterocycles. The van der Waals surface area contributed by atoms with Gasteiger partial charge >= 0.3 is 11.9 Å². The molecule has 0 aliphatic heterocycles. The standard InChI is InChI=1S/C8H6O2.C7H12O4/c9-5-7-1-2-8(6-10)4-3-7;1-3-10-6(8)5-7(9)11-4-2/h1-6H;3-5H2,1-2H3. The van der Waals surface area contributed by atoms with Crippen molar-refractivity contribution in [1.29, 1.82) is 0 Å². The highest BCUT2D eigenvalue weighted by atomic mass is 16.5. The van der Waals surface area contributed by atoms with Crippen LogP contribution in [0.15, 0.2) is 24.3 Å². The van der Waals surface area contributed by atoms with Gasteiger partial charge in [0, 0.05) is 11.1 Å². The number of ether oxygens (including phenoxy) is 2. The molecule has 1 rings (SSSR count). The zero-order valence-corrected chi connectivity index (χ0v) is 12.0. The molecule has 0 aliphatic rings. The maximum Gasteiger partial charge on any atom is 0.317 e. The number of carbonyl (C=O) groups excluding carboxylic acids is 4. The van der Waals surface area contributed by atoms with E-state index in [-0.39, 0.29) is 19.6 Å². The van der Waals surface area contributed by atoms with Crippen LogP contribution in [0.5, 0.6) is 0 Å². The molecule has 0 unspecified atom stereocenters. The third-order valence-electron chi connectivity index (χ3n) is 2.11. The molecule has 0 atom stereocenters. The molecule has 0 saturated heterocycles. The predicted octanol–water partition coefficient (Wildman–Crippen LogP) is 1.81. The number of hydrogen-bond donors (Lipinski definition) is 0. The minimum atomic E-state index is -0.536. The third-order valence-corrected chi connectivity index (χ3v) is 2.11. The molecule has 0 aliphatic carbocycles. The van der Waals surface area contributed by atoms with Gasteiger partial charge in [0.1, 0.15) is 19.0 Å². The van der Waals surface area contributed by atoms with E-state index in [0.717, 1.165) is 12.6 Å². The summed E-state index contributed by atoms with van der Waals surface area (Å²) >= 11 is 0. The number of aldehydes is 2. The van der Waals surface area contributed by atoms with Gasteiger partial charge in [-0.15, -0.1) is 0 Å². The fourth-order valence-electron chi connectivity index (χ4n) is 1.20. The normalized spacial score (nSPS) is 8.86. The zero-order valence-electron chi connectivity index (χ0n) is 12.0. The molecule has 0 saturated carbocycles. The monoisotopic (exact) mass is 294 g/mol. The molecular weight excluding hydrogens is 276 g/mol. The number of benzene rings is 1. The summed E-state index contributed by atoms with van der Waals surface area (Å²) in [5, 5.41) is 0. The van der Waals surface area contributed by atoms with E-state index in [2.05, 4.69) is 9.47 Å². The minimum Gasteiger partial charge on any atom is -0.466 e. The highest BCUT2D eigenvalue weighted by Crippen LogP contribution is 1.98. The lowest BCUT2D eigenvalue weighted by Crippen LogP contribution is -2.13. The molecule has 0 fully saturated rings. The zero-order chi connectivity index (χ0) is 16.1. The second-order valence-corrected chi connectivity index (χ2v) is 3.69. The van der Waals surface area contributed by atoms with Crippen LogP contribution in [0.3, 0.4) is 0 Å². The summed E-state index contributed by atoms with van der Waals surface area (Å²) in [6.07, 6.45) is 1.20.